The standard InChI is InChI=1S/C13H16O4/c1-4-13(14)17-11(3)15-10(2)16-12-8-6-5-7-9-12/h4-11H,1H2,2-3H3. The average Bonchev–Trinajstić information content (AvgIpc) is 2.29. The highest BCUT2D eigenvalue weighted by Crippen LogP contribution is 2.12. The van der Waals surface area contributed by atoms with E-state index in [9.17, 15) is 4.79 Å². The van der Waals surface area contributed by atoms with Gasteiger partial charge in [0.25, 0.3) is 0 Å². The Morgan fingerprint density at radius 1 is 1.24 bits per heavy atom. The maximum Gasteiger partial charge on any atom is 0.332 e. The van der Waals surface area contributed by atoms with Crippen LogP contribution in [0.4, 0.5) is 0 Å². The Bertz CT molecular complexity index is 361. The second-order valence-electron chi connectivity index (χ2n) is 3.34. The summed E-state index contributed by atoms with van der Waals surface area (Å²) in [5.41, 5.74) is 0. The molecule has 2 unspecified atom stereocenters. The number of rotatable bonds is 6. The van der Waals surface area contributed by atoms with Gasteiger partial charge in [0.2, 0.25) is 12.6 Å². The van der Waals surface area contributed by atoms with Gasteiger partial charge in [0.15, 0.2) is 0 Å². The minimum absolute atomic E-state index is 0.509. The van der Waals surface area contributed by atoms with E-state index in [1.54, 1.807) is 13.8 Å². The zero-order chi connectivity index (χ0) is 12.7. The summed E-state index contributed by atoms with van der Waals surface area (Å²) >= 11 is 0. The van der Waals surface area contributed by atoms with Crippen molar-refractivity contribution in [3.63, 3.8) is 0 Å². The van der Waals surface area contributed by atoms with E-state index in [1.807, 2.05) is 30.3 Å². The lowest BCUT2D eigenvalue weighted by atomic mass is 10.3. The molecule has 0 spiro atoms. The Kier molecular flexibility index (Phi) is 5.23. The van der Waals surface area contributed by atoms with Crippen molar-refractivity contribution in [2.75, 3.05) is 0 Å². The highest BCUT2D eigenvalue weighted by atomic mass is 16.8. The summed E-state index contributed by atoms with van der Waals surface area (Å²) < 4.78 is 15.6. The predicted octanol–water partition coefficient (Wildman–Crippen LogP) is 2.50. The van der Waals surface area contributed by atoms with Crippen molar-refractivity contribution in [2.45, 2.75) is 26.4 Å². The van der Waals surface area contributed by atoms with Crippen molar-refractivity contribution < 1.29 is 19.0 Å². The van der Waals surface area contributed by atoms with Crippen molar-refractivity contribution in [1.29, 1.82) is 0 Å². The molecule has 0 radical (unpaired) electrons. The molecule has 4 heteroatoms. The number of carbonyl (C=O) groups excluding carboxylic acids is 1. The molecule has 0 N–H and O–H groups in total. The first-order valence-electron chi connectivity index (χ1n) is 5.32. The van der Waals surface area contributed by atoms with E-state index in [0.29, 0.717) is 5.75 Å². The van der Waals surface area contributed by atoms with Crippen LogP contribution in [0, 0.1) is 0 Å². The molecular formula is C13H16O4. The summed E-state index contributed by atoms with van der Waals surface area (Å²) in [5, 5.41) is 0. The van der Waals surface area contributed by atoms with Crippen molar-refractivity contribution >= 4 is 5.97 Å². The van der Waals surface area contributed by atoms with Gasteiger partial charge in [-0.3, -0.25) is 0 Å². The molecule has 0 aromatic heterocycles. The molecule has 0 aliphatic heterocycles. The van der Waals surface area contributed by atoms with Crippen LogP contribution in [0.3, 0.4) is 0 Å². The van der Waals surface area contributed by atoms with E-state index in [1.165, 1.54) is 0 Å². The molecule has 0 bridgehead atoms. The third-order valence-electron chi connectivity index (χ3n) is 1.88. The molecule has 0 saturated carbocycles. The monoisotopic (exact) mass is 236 g/mol. The number of ether oxygens (including phenoxy) is 3. The maximum atomic E-state index is 10.9. The first-order valence-corrected chi connectivity index (χ1v) is 5.32. The molecule has 1 rings (SSSR count). The third-order valence-corrected chi connectivity index (χ3v) is 1.88. The molecule has 1 aromatic carbocycles. The van der Waals surface area contributed by atoms with Crippen molar-refractivity contribution in [3.05, 3.63) is 43.0 Å². The van der Waals surface area contributed by atoms with E-state index in [2.05, 4.69) is 6.58 Å². The third kappa shape index (κ3) is 5.17. The van der Waals surface area contributed by atoms with Crippen LogP contribution in [0.1, 0.15) is 13.8 Å². The van der Waals surface area contributed by atoms with Crippen molar-refractivity contribution in [1.82, 2.24) is 0 Å². The van der Waals surface area contributed by atoms with Gasteiger partial charge >= 0.3 is 5.97 Å². The number of benzene rings is 1. The van der Waals surface area contributed by atoms with Gasteiger partial charge in [-0.25, -0.2) is 4.79 Å². The summed E-state index contributed by atoms with van der Waals surface area (Å²) in [6.07, 6.45) is -0.105. The van der Waals surface area contributed by atoms with E-state index < -0.39 is 18.5 Å². The largest absolute Gasteiger partial charge is 0.465 e. The Labute approximate surface area is 101 Å². The molecule has 0 aliphatic rings. The molecule has 4 nitrogen and oxygen atoms in total. The lowest BCUT2D eigenvalue weighted by Crippen LogP contribution is -2.25. The average molecular weight is 236 g/mol. The van der Waals surface area contributed by atoms with Crippen LogP contribution in [-0.2, 0) is 14.3 Å². The van der Waals surface area contributed by atoms with Gasteiger partial charge in [0.05, 0.1) is 0 Å². The van der Waals surface area contributed by atoms with Gasteiger partial charge < -0.3 is 14.2 Å². The summed E-state index contributed by atoms with van der Waals surface area (Å²) in [4.78, 5) is 10.9. The minimum atomic E-state index is -0.681. The Morgan fingerprint density at radius 3 is 2.47 bits per heavy atom. The molecule has 0 heterocycles. The fraction of sp³-hybridized carbons (Fsp3) is 0.308. The highest BCUT2D eigenvalue weighted by molar-refractivity contribution is 5.81. The van der Waals surface area contributed by atoms with Gasteiger partial charge in [-0.05, 0) is 26.0 Å². The lowest BCUT2D eigenvalue weighted by Gasteiger charge is -2.19. The second kappa shape index (κ2) is 6.70. The van der Waals surface area contributed by atoms with E-state index in [0.717, 1.165) is 6.08 Å². The zero-order valence-electron chi connectivity index (χ0n) is 9.96. The fourth-order valence-electron chi connectivity index (χ4n) is 1.23. The van der Waals surface area contributed by atoms with Crippen LogP contribution in [0.15, 0.2) is 43.0 Å². The van der Waals surface area contributed by atoms with Gasteiger partial charge in [-0.1, -0.05) is 24.8 Å². The molecule has 2 atom stereocenters. The topological polar surface area (TPSA) is 44.8 Å². The van der Waals surface area contributed by atoms with Crippen LogP contribution in [0.25, 0.3) is 0 Å². The summed E-state index contributed by atoms with van der Waals surface area (Å²) in [6, 6.07) is 9.26. The number of para-hydroxylation sites is 1. The Balaban J connectivity index is 2.36. The zero-order valence-corrected chi connectivity index (χ0v) is 9.96. The number of carbonyl (C=O) groups is 1. The quantitative estimate of drug-likeness (QED) is 0.432. The van der Waals surface area contributed by atoms with Crippen LogP contribution in [-0.4, -0.2) is 18.5 Å². The predicted molar refractivity (Wildman–Crippen MR) is 63.4 cm³/mol. The van der Waals surface area contributed by atoms with Gasteiger partial charge in [-0.2, -0.15) is 0 Å². The minimum Gasteiger partial charge on any atom is -0.465 e. The van der Waals surface area contributed by atoms with Crippen LogP contribution in [0.5, 0.6) is 5.75 Å². The van der Waals surface area contributed by atoms with Crippen LogP contribution < -0.4 is 4.74 Å². The van der Waals surface area contributed by atoms with Gasteiger partial charge in [0.1, 0.15) is 5.75 Å². The SMILES string of the molecule is C=CC(=O)OC(C)OC(C)Oc1ccccc1. The van der Waals surface area contributed by atoms with Gasteiger partial charge in [0, 0.05) is 6.08 Å². The first kappa shape index (κ1) is 13.3. The Morgan fingerprint density at radius 2 is 1.88 bits per heavy atom. The van der Waals surface area contributed by atoms with E-state index in [-0.39, 0.29) is 0 Å². The molecule has 0 aliphatic carbocycles. The molecule has 0 saturated heterocycles. The smallest absolute Gasteiger partial charge is 0.332 e. The van der Waals surface area contributed by atoms with Crippen molar-refractivity contribution in [2.24, 2.45) is 0 Å². The molecule has 17 heavy (non-hydrogen) atoms. The number of hydrogen-bond donors (Lipinski definition) is 0. The summed E-state index contributed by atoms with van der Waals surface area (Å²) in [7, 11) is 0. The van der Waals surface area contributed by atoms with Crippen LogP contribution >= 0.6 is 0 Å². The van der Waals surface area contributed by atoms with E-state index >= 15 is 0 Å². The highest BCUT2D eigenvalue weighted by Gasteiger charge is 2.12. The number of hydrogen-bond acceptors (Lipinski definition) is 4. The molecule has 1 aromatic rings. The maximum absolute atomic E-state index is 10.9. The molecule has 0 fully saturated rings. The van der Waals surface area contributed by atoms with Crippen molar-refractivity contribution in [3.8, 4) is 5.75 Å². The summed E-state index contributed by atoms with van der Waals surface area (Å²) in [5.74, 6) is 0.173. The fourth-order valence-corrected chi connectivity index (χ4v) is 1.23. The number of esters is 1. The molecular weight excluding hydrogens is 220 g/mol. The first-order chi connectivity index (χ1) is 8.11. The summed E-state index contributed by atoms with van der Waals surface area (Å²) in [6.45, 7) is 6.64. The van der Waals surface area contributed by atoms with Crippen LogP contribution in [0.2, 0.25) is 0 Å². The Hall–Kier alpha value is -1.81. The molecule has 0 amide bonds. The second-order valence-corrected chi connectivity index (χ2v) is 3.34. The lowest BCUT2D eigenvalue weighted by molar-refractivity contribution is -0.204. The van der Waals surface area contributed by atoms with E-state index in [4.69, 9.17) is 14.2 Å². The van der Waals surface area contributed by atoms with Gasteiger partial charge in [-0.15, -0.1) is 0 Å². The molecule has 92 valence electrons. The normalized spacial score (nSPS) is 13.5.